The van der Waals surface area contributed by atoms with Gasteiger partial charge in [-0.25, -0.2) is 9.78 Å². The molecular formula is C20H26N4O4S. The first-order valence-electron chi connectivity index (χ1n) is 9.09. The standard InChI is InChI=1S/C20H26N4O4S/c1-20(2,3)23-16(25)11-24(4)17(26)12-28-18(27)15-13-29-19(22-15)21-10-14-8-6-5-7-9-14/h5-9,13H,10-12H2,1-4H3,(H,21,22)(H,23,25). The third kappa shape index (κ3) is 7.90. The van der Waals surface area contributed by atoms with E-state index < -0.39 is 18.5 Å². The minimum atomic E-state index is -0.685. The molecule has 0 aliphatic carbocycles. The van der Waals surface area contributed by atoms with Crippen LogP contribution in [-0.4, -0.2) is 53.4 Å². The molecule has 1 aromatic carbocycles. The Morgan fingerprint density at radius 3 is 2.52 bits per heavy atom. The van der Waals surface area contributed by atoms with Crippen molar-refractivity contribution >= 4 is 34.3 Å². The van der Waals surface area contributed by atoms with Crippen LogP contribution in [0.25, 0.3) is 0 Å². The van der Waals surface area contributed by atoms with Crippen LogP contribution in [0.15, 0.2) is 35.7 Å². The monoisotopic (exact) mass is 418 g/mol. The number of aromatic nitrogens is 1. The van der Waals surface area contributed by atoms with Gasteiger partial charge in [-0.3, -0.25) is 9.59 Å². The van der Waals surface area contributed by atoms with Crippen LogP contribution >= 0.6 is 11.3 Å². The van der Waals surface area contributed by atoms with Gasteiger partial charge in [-0.2, -0.15) is 0 Å². The molecule has 0 radical (unpaired) electrons. The number of amides is 2. The zero-order chi connectivity index (χ0) is 21.4. The van der Waals surface area contributed by atoms with Crippen LogP contribution in [0.1, 0.15) is 36.8 Å². The Morgan fingerprint density at radius 1 is 1.17 bits per heavy atom. The summed E-state index contributed by atoms with van der Waals surface area (Å²) >= 11 is 1.28. The summed E-state index contributed by atoms with van der Waals surface area (Å²) in [6.45, 7) is 5.57. The number of hydrogen-bond donors (Lipinski definition) is 2. The van der Waals surface area contributed by atoms with Crippen LogP contribution in [0.4, 0.5) is 5.13 Å². The Labute approximate surface area is 174 Å². The van der Waals surface area contributed by atoms with Gasteiger partial charge in [-0.1, -0.05) is 30.3 Å². The third-order valence-corrected chi connectivity index (χ3v) is 4.45. The summed E-state index contributed by atoms with van der Waals surface area (Å²) in [5, 5.41) is 8.06. The average Bonchev–Trinajstić information content (AvgIpc) is 3.12. The molecule has 0 saturated carbocycles. The second-order valence-electron chi connectivity index (χ2n) is 7.50. The number of thiazole rings is 1. The van der Waals surface area contributed by atoms with Crippen LogP contribution in [0.2, 0.25) is 0 Å². The zero-order valence-corrected chi connectivity index (χ0v) is 17.8. The van der Waals surface area contributed by atoms with E-state index >= 15 is 0 Å². The summed E-state index contributed by atoms with van der Waals surface area (Å²) in [7, 11) is 1.48. The van der Waals surface area contributed by atoms with E-state index in [1.165, 1.54) is 23.3 Å². The maximum atomic E-state index is 12.1. The van der Waals surface area contributed by atoms with Crippen LogP contribution in [-0.2, 0) is 20.9 Å². The van der Waals surface area contributed by atoms with E-state index in [0.29, 0.717) is 11.7 Å². The van der Waals surface area contributed by atoms with Gasteiger partial charge in [0.25, 0.3) is 5.91 Å². The summed E-state index contributed by atoms with van der Waals surface area (Å²) in [6, 6.07) is 9.81. The molecule has 0 aliphatic rings. The predicted octanol–water partition coefficient (Wildman–Crippen LogP) is 2.29. The fraction of sp³-hybridized carbons (Fsp3) is 0.400. The van der Waals surface area contributed by atoms with Gasteiger partial charge in [0.05, 0.1) is 6.54 Å². The number of carbonyl (C=O) groups is 3. The first kappa shape index (κ1) is 22.4. The van der Waals surface area contributed by atoms with Crippen molar-refractivity contribution in [2.75, 3.05) is 25.5 Å². The molecule has 0 spiro atoms. The second kappa shape index (κ2) is 10.0. The number of hydrogen-bond acceptors (Lipinski definition) is 7. The van der Waals surface area contributed by atoms with Gasteiger partial charge < -0.3 is 20.3 Å². The highest BCUT2D eigenvalue weighted by molar-refractivity contribution is 7.13. The van der Waals surface area contributed by atoms with Gasteiger partial charge in [-0.05, 0) is 26.3 Å². The molecule has 0 atom stereocenters. The molecule has 29 heavy (non-hydrogen) atoms. The molecule has 9 heteroatoms. The van der Waals surface area contributed by atoms with Crippen LogP contribution < -0.4 is 10.6 Å². The number of ether oxygens (including phenoxy) is 1. The molecule has 2 N–H and O–H groups in total. The van der Waals surface area contributed by atoms with Crippen molar-refractivity contribution in [2.24, 2.45) is 0 Å². The van der Waals surface area contributed by atoms with Crippen molar-refractivity contribution in [1.29, 1.82) is 0 Å². The molecule has 2 aromatic rings. The van der Waals surface area contributed by atoms with E-state index in [4.69, 9.17) is 4.74 Å². The molecule has 1 aromatic heterocycles. The molecular weight excluding hydrogens is 392 g/mol. The summed E-state index contributed by atoms with van der Waals surface area (Å²) in [5.74, 6) is -1.44. The minimum Gasteiger partial charge on any atom is -0.451 e. The van der Waals surface area contributed by atoms with Gasteiger partial charge in [0.15, 0.2) is 17.4 Å². The van der Waals surface area contributed by atoms with Crippen molar-refractivity contribution in [3.63, 3.8) is 0 Å². The predicted molar refractivity (Wildman–Crippen MR) is 112 cm³/mol. The molecule has 156 valence electrons. The highest BCUT2D eigenvalue weighted by atomic mass is 32.1. The Bertz CT molecular complexity index is 846. The second-order valence-corrected chi connectivity index (χ2v) is 8.36. The fourth-order valence-electron chi connectivity index (χ4n) is 2.30. The molecule has 2 amide bonds. The van der Waals surface area contributed by atoms with Crippen molar-refractivity contribution in [3.8, 4) is 0 Å². The number of nitrogens with zero attached hydrogens (tertiary/aromatic N) is 2. The summed E-state index contributed by atoms with van der Waals surface area (Å²) < 4.78 is 5.02. The van der Waals surface area contributed by atoms with E-state index in [1.807, 2.05) is 51.1 Å². The fourth-order valence-corrected chi connectivity index (χ4v) is 2.97. The Hall–Kier alpha value is -2.94. The Balaban J connectivity index is 1.77. The lowest BCUT2D eigenvalue weighted by Crippen LogP contribution is -2.46. The van der Waals surface area contributed by atoms with Gasteiger partial charge in [-0.15, -0.1) is 11.3 Å². The van der Waals surface area contributed by atoms with Gasteiger partial charge in [0.1, 0.15) is 0 Å². The topological polar surface area (TPSA) is 101 Å². The minimum absolute atomic E-state index is 0.113. The zero-order valence-electron chi connectivity index (χ0n) is 17.0. The molecule has 2 rings (SSSR count). The van der Waals surface area contributed by atoms with Crippen LogP contribution in [0.5, 0.6) is 0 Å². The molecule has 0 bridgehead atoms. The van der Waals surface area contributed by atoms with Crippen molar-refractivity contribution in [2.45, 2.75) is 32.9 Å². The molecule has 0 aliphatic heterocycles. The van der Waals surface area contributed by atoms with E-state index in [9.17, 15) is 14.4 Å². The van der Waals surface area contributed by atoms with Crippen molar-refractivity contribution in [1.82, 2.24) is 15.2 Å². The van der Waals surface area contributed by atoms with Crippen LogP contribution in [0.3, 0.4) is 0 Å². The van der Waals surface area contributed by atoms with Gasteiger partial charge >= 0.3 is 5.97 Å². The number of rotatable bonds is 8. The third-order valence-electron chi connectivity index (χ3n) is 3.65. The molecule has 0 unspecified atom stereocenters. The normalized spacial score (nSPS) is 10.9. The van der Waals surface area contributed by atoms with E-state index in [1.54, 1.807) is 5.38 Å². The van der Waals surface area contributed by atoms with E-state index in [2.05, 4.69) is 15.6 Å². The lowest BCUT2D eigenvalue weighted by molar-refractivity contribution is -0.137. The molecule has 8 nitrogen and oxygen atoms in total. The number of carbonyl (C=O) groups excluding carboxylic acids is 3. The number of benzene rings is 1. The summed E-state index contributed by atoms with van der Waals surface area (Å²) in [6.07, 6.45) is 0. The SMILES string of the molecule is CN(CC(=O)NC(C)(C)C)C(=O)COC(=O)c1csc(NCc2ccccc2)n1. The lowest BCUT2D eigenvalue weighted by Gasteiger charge is -2.23. The maximum absolute atomic E-state index is 12.1. The van der Waals surface area contributed by atoms with Crippen LogP contribution in [0, 0.1) is 0 Å². The molecule has 0 fully saturated rings. The average molecular weight is 419 g/mol. The molecule has 1 heterocycles. The van der Waals surface area contributed by atoms with E-state index in [-0.39, 0.29) is 23.7 Å². The van der Waals surface area contributed by atoms with Crippen molar-refractivity contribution < 1.29 is 19.1 Å². The van der Waals surface area contributed by atoms with Gasteiger partial charge in [0, 0.05) is 24.5 Å². The highest BCUT2D eigenvalue weighted by Gasteiger charge is 2.20. The van der Waals surface area contributed by atoms with E-state index in [0.717, 1.165) is 5.56 Å². The lowest BCUT2D eigenvalue weighted by atomic mass is 10.1. The molecule has 0 saturated heterocycles. The number of nitrogens with one attached hydrogen (secondary N) is 2. The number of likely N-dealkylation sites (N-methyl/N-ethyl adjacent to an activating group) is 1. The summed E-state index contributed by atoms with van der Waals surface area (Å²) in [4.78, 5) is 41.5. The van der Waals surface area contributed by atoms with Crippen molar-refractivity contribution in [3.05, 3.63) is 47.0 Å². The summed E-state index contributed by atoms with van der Waals surface area (Å²) in [5.41, 5.74) is 0.840. The maximum Gasteiger partial charge on any atom is 0.358 e. The smallest absolute Gasteiger partial charge is 0.358 e. The first-order valence-corrected chi connectivity index (χ1v) is 9.97. The largest absolute Gasteiger partial charge is 0.451 e. The quantitative estimate of drug-likeness (QED) is 0.638. The number of anilines is 1. The number of esters is 1. The highest BCUT2D eigenvalue weighted by Crippen LogP contribution is 2.17. The first-order chi connectivity index (χ1) is 13.6. The Morgan fingerprint density at radius 2 is 1.86 bits per heavy atom. The Kier molecular flexibility index (Phi) is 7.72. The van der Waals surface area contributed by atoms with Gasteiger partial charge in [0.2, 0.25) is 5.91 Å².